The topological polar surface area (TPSA) is 8.17 Å². The van der Waals surface area contributed by atoms with Crippen LogP contribution in [0.25, 0.3) is 10.9 Å². The van der Waals surface area contributed by atoms with Gasteiger partial charge in [-0.1, -0.05) is 42.0 Å². The van der Waals surface area contributed by atoms with Crippen molar-refractivity contribution in [1.29, 1.82) is 0 Å². The number of hydrogen-bond donors (Lipinski definition) is 0. The minimum atomic E-state index is 0.480. The summed E-state index contributed by atoms with van der Waals surface area (Å²) in [4.78, 5) is 2.53. The van der Waals surface area contributed by atoms with Crippen LogP contribution in [0.1, 0.15) is 48.7 Å². The smallest absolute Gasteiger partial charge is 0.0486 e. The van der Waals surface area contributed by atoms with E-state index < -0.39 is 0 Å². The number of aryl methyl sites for hydroxylation is 3. The van der Waals surface area contributed by atoms with Crippen LogP contribution >= 0.6 is 0 Å². The average Bonchev–Trinajstić information content (AvgIpc) is 2.93. The van der Waals surface area contributed by atoms with Gasteiger partial charge in [0.2, 0.25) is 0 Å². The van der Waals surface area contributed by atoms with Crippen molar-refractivity contribution in [3.8, 4) is 0 Å². The fourth-order valence-electron chi connectivity index (χ4n) is 4.58. The molecule has 3 aromatic rings. The molecular weight excluding hydrogens is 316 g/mol. The minimum Gasteiger partial charge on any atom is -0.344 e. The standard InChI is InChI=1S/C24H30N2/c1-17-12-13-22-21(15-17)24-19(3)25(4)18(2)16-23(24)26(22)14-8-11-20-9-6-5-7-10-20/h5-7,9-10,12-13,15,18-19H,8,11,14,16H2,1-4H3. The third-order valence-corrected chi connectivity index (χ3v) is 6.27. The molecule has 0 fully saturated rings. The van der Waals surface area contributed by atoms with E-state index in [4.69, 9.17) is 0 Å². The van der Waals surface area contributed by atoms with Gasteiger partial charge in [0.1, 0.15) is 0 Å². The Hall–Kier alpha value is -2.06. The normalized spacial score (nSPS) is 20.5. The third-order valence-electron chi connectivity index (χ3n) is 6.27. The van der Waals surface area contributed by atoms with Gasteiger partial charge in [0.05, 0.1) is 0 Å². The first-order chi connectivity index (χ1) is 12.6. The zero-order valence-corrected chi connectivity index (χ0v) is 16.5. The zero-order chi connectivity index (χ0) is 18.3. The number of aromatic nitrogens is 1. The maximum atomic E-state index is 2.62. The molecule has 2 aromatic carbocycles. The summed E-state index contributed by atoms with van der Waals surface area (Å²) in [5.74, 6) is 0. The fourth-order valence-corrected chi connectivity index (χ4v) is 4.58. The molecule has 2 atom stereocenters. The van der Waals surface area contributed by atoms with Gasteiger partial charge in [0, 0.05) is 41.6 Å². The lowest BCUT2D eigenvalue weighted by Crippen LogP contribution is -2.38. The van der Waals surface area contributed by atoms with Crippen LogP contribution in [0.4, 0.5) is 0 Å². The molecule has 2 heteroatoms. The van der Waals surface area contributed by atoms with Crippen LogP contribution in [0.5, 0.6) is 0 Å². The molecule has 1 aliphatic rings. The molecule has 2 heterocycles. The van der Waals surface area contributed by atoms with E-state index in [1.807, 2.05) is 0 Å². The van der Waals surface area contributed by atoms with Crippen molar-refractivity contribution in [3.63, 3.8) is 0 Å². The van der Waals surface area contributed by atoms with Crippen molar-refractivity contribution in [2.24, 2.45) is 0 Å². The highest BCUT2D eigenvalue weighted by molar-refractivity contribution is 5.87. The Kier molecular flexibility index (Phi) is 4.62. The molecule has 0 aliphatic carbocycles. The molecule has 0 N–H and O–H groups in total. The average molecular weight is 347 g/mol. The summed E-state index contributed by atoms with van der Waals surface area (Å²) in [7, 11) is 2.27. The maximum absolute atomic E-state index is 2.62. The van der Waals surface area contributed by atoms with Gasteiger partial charge in [-0.05, 0) is 63.9 Å². The first-order valence-corrected chi connectivity index (χ1v) is 9.93. The molecule has 0 spiro atoms. The minimum absolute atomic E-state index is 0.480. The van der Waals surface area contributed by atoms with Crippen molar-refractivity contribution >= 4 is 10.9 Å². The monoisotopic (exact) mass is 346 g/mol. The maximum Gasteiger partial charge on any atom is 0.0486 e. The van der Waals surface area contributed by atoms with Crippen LogP contribution in [0.3, 0.4) is 0 Å². The first kappa shape index (κ1) is 17.4. The summed E-state index contributed by atoms with van der Waals surface area (Å²) < 4.78 is 2.62. The van der Waals surface area contributed by atoms with Crippen LogP contribution < -0.4 is 0 Å². The first-order valence-electron chi connectivity index (χ1n) is 9.93. The van der Waals surface area contributed by atoms with Crippen LogP contribution in [0.15, 0.2) is 48.5 Å². The van der Waals surface area contributed by atoms with Gasteiger partial charge in [0.25, 0.3) is 0 Å². The van der Waals surface area contributed by atoms with Gasteiger partial charge in [-0.25, -0.2) is 0 Å². The Morgan fingerprint density at radius 3 is 2.58 bits per heavy atom. The molecular formula is C24H30N2. The highest BCUT2D eigenvalue weighted by Gasteiger charge is 2.31. The van der Waals surface area contributed by atoms with Gasteiger partial charge < -0.3 is 4.57 Å². The van der Waals surface area contributed by atoms with E-state index in [1.54, 1.807) is 11.3 Å². The number of hydrogen-bond acceptors (Lipinski definition) is 1. The number of benzene rings is 2. The third kappa shape index (κ3) is 2.97. The quantitative estimate of drug-likeness (QED) is 0.604. The summed E-state index contributed by atoms with van der Waals surface area (Å²) in [6.45, 7) is 8.03. The molecule has 0 saturated carbocycles. The second kappa shape index (κ2) is 6.92. The lowest BCUT2D eigenvalue weighted by molar-refractivity contribution is 0.177. The largest absolute Gasteiger partial charge is 0.344 e. The number of fused-ring (bicyclic) bond motifs is 3. The van der Waals surface area contributed by atoms with E-state index in [2.05, 4.69) is 85.8 Å². The van der Waals surface area contributed by atoms with Crippen molar-refractivity contribution in [2.75, 3.05) is 7.05 Å². The fraction of sp³-hybridized carbons (Fsp3) is 0.417. The predicted octanol–water partition coefficient (Wildman–Crippen LogP) is 5.52. The summed E-state index contributed by atoms with van der Waals surface area (Å²) in [5.41, 5.74) is 7.34. The number of likely N-dealkylation sites (N-methyl/N-ethyl adjacent to an activating group) is 1. The predicted molar refractivity (Wildman–Crippen MR) is 111 cm³/mol. The highest BCUT2D eigenvalue weighted by Crippen LogP contribution is 2.39. The molecule has 4 rings (SSSR count). The summed E-state index contributed by atoms with van der Waals surface area (Å²) >= 11 is 0. The van der Waals surface area contributed by atoms with Gasteiger partial charge in [-0.2, -0.15) is 0 Å². The highest BCUT2D eigenvalue weighted by atomic mass is 15.2. The zero-order valence-electron chi connectivity index (χ0n) is 16.5. The van der Waals surface area contributed by atoms with Crippen LogP contribution in [-0.2, 0) is 19.4 Å². The van der Waals surface area contributed by atoms with Crippen molar-refractivity contribution in [2.45, 2.75) is 58.7 Å². The van der Waals surface area contributed by atoms with Crippen LogP contribution in [0.2, 0.25) is 0 Å². The van der Waals surface area contributed by atoms with E-state index in [9.17, 15) is 0 Å². The van der Waals surface area contributed by atoms with Crippen molar-refractivity contribution in [3.05, 3.63) is 70.9 Å². The molecule has 0 amide bonds. The van der Waals surface area contributed by atoms with E-state index in [-0.39, 0.29) is 0 Å². The lowest BCUT2D eigenvalue weighted by Gasteiger charge is -2.37. The SMILES string of the molecule is Cc1ccc2c(c1)c1c(n2CCCc2ccccc2)CC(C)N(C)C1C. The second-order valence-corrected chi connectivity index (χ2v) is 8.02. The molecule has 26 heavy (non-hydrogen) atoms. The van der Waals surface area contributed by atoms with E-state index in [0.717, 1.165) is 19.4 Å². The molecule has 2 nitrogen and oxygen atoms in total. The molecule has 1 aliphatic heterocycles. The molecule has 0 saturated heterocycles. The van der Waals surface area contributed by atoms with Crippen molar-refractivity contribution < 1.29 is 0 Å². The Labute approximate surface area is 157 Å². The van der Waals surface area contributed by atoms with Crippen LogP contribution in [-0.4, -0.2) is 22.6 Å². The second-order valence-electron chi connectivity index (χ2n) is 8.02. The molecule has 1 aromatic heterocycles. The van der Waals surface area contributed by atoms with Crippen LogP contribution in [0, 0.1) is 6.92 Å². The van der Waals surface area contributed by atoms with Gasteiger partial charge in [0.15, 0.2) is 0 Å². The molecule has 0 bridgehead atoms. The number of nitrogens with zero attached hydrogens (tertiary/aromatic N) is 2. The van der Waals surface area contributed by atoms with E-state index in [0.29, 0.717) is 12.1 Å². The summed E-state index contributed by atoms with van der Waals surface area (Å²) in [5, 5.41) is 1.46. The van der Waals surface area contributed by atoms with Gasteiger partial charge >= 0.3 is 0 Å². The molecule has 2 unspecified atom stereocenters. The molecule has 136 valence electrons. The summed E-state index contributed by atoms with van der Waals surface area (Å²) in [6.07, 6.45) is 3.48. The Balaban J connectivity index is 1.71. The van der Waals surface area contributed by atoms with E-state index in [1.165, 1.54) is 28.5 Å². The van der Waals surface area contributed by atoms with Gasteiger partial charge in [-0.15, -0.1) is 0 Å². The Morgan fingerprint density at radius 1 is 1.04 bits per heavy atom. The van der Waals surface area contributed by atoms with E-state index >= 15 is 0 Å². The Morgan fingerprint density at radius 2 is 1.81 bits per heavy atom. The Bertz CT molecular complexity index is 907. The number of rotatable bonds is 4. The lowest BCUT2D eigenvalue weighted by atomic mass is 9.93. The molecule has 0 radical (unpaired) electrons. The van der Waals surface area contributed by atoms with Crippen molar-refractivity contribution in [1.82, 2.24) is 9.47 Å². The summed E-state index contributed by atoms with van der Waals surface area (Å²) in [6, 6.07) is 18.9. The van der Waals surface area contributed by atoms with Gasteiger partial charge in [-0.3, -0.25) is 4.90 Å².